The summed E-state index contributed by atoms with van der Waals surface area (Å²) >= 11 is 0. The predicted octanol–water partition coefficient (Wildman–Crippen LogP) is -1.76. The first-order chi connectivity index (χ1) is 16.0. The van der Waals surface area contributed by atoms with Crippen LogP contribution in [0.4, 0.5) is 5.95 Å². The number of nitrogens with zero attached hydrogens (tertiary/aromatic N) is 3. The monoisotopic (exact) mass is 565 g/mol. The van der Waals surface area contributed by atoms with Crippen molar-refractivity contribution >= 4 is 46.5 Å². The standard InChI is InChI=1S/C12H18N5O15P3/c1-4(18)29-8-7(19)5(2-28-34(24,25)32-35(26,27)31-33(21,22)23)30-11(8)17-3-14-6-9(17)15-12(13)16-10(6)20/h3,5,7-8,11,19H,2H2,1H3,(H,24,25)(H,26,27)(H2,21,22,23)(H3,13,15,16,20)/t5-,7?,8+,11-/m1/s1. The van der Waals surface area contributed by atoms with Crippen molar-refractivity contribution in [1.82, 2.24) is 19.5 Å². The van der Waals surface area contributed by atoms with Crippen LogP contribution < -0.4 is 11.3 Å². The van der Waals surface area contributed by atoms with Crippen LogP contribution in [-0.2, 0) is 41.1 Å². The highest BCUT2D eigenvalue weighted by molar-refractivity contribution is 7.66. The second-order valence-electron chi connectivity index (χ2n) is 6.79. The summed E-state index contributed by atoms with van der Waals surface area (Å²) in [6.45, 7) is -0.0297. The van der Waals surface area contributed by atoms with Crippen LogP contribution in [0.2, 0.25) is 0 Å². The van der Waals surface area contributed by atoms with Gasteiger partial charge in [-0.15, -0.1) is 0 Å². The third kappa shape index (κ3) is 6.79. The zero-order valence-electron chi connectivity index (χ0n) is 17.2. The molecule has 20 nitrogen and oxygen atoms in total. The van der Waals surface area contributed by atoms with Crippen LogP contribution in [-0.4, -0.2) is 75.1 Å². The highest BCUT2D eigenvalue weighted by atomic mass is 31.3. The second kappa shape index (κ2) is 9.78. The van der Waals surface area contributed by atoms with Gasteiger partial charge in [0, 0.05) is 6.92 Å². The maximum Gasteiger partial charge on any atom is 0.490 e. The minimum Gasteiger partial charge on any atom is -0.455 e. The van der Waals surface area contributed by atoms with Crippen molar-refractivity contribution in [2.45, 2.75) is 31.5 Å². The Balaban J connectivity index is 1.82. The van der Waals surface area contributed by atoms with Gasteiger partial charge < -0.3 is 39.9 Å². The van der Waals surface area contributed by atoms with Crippen LogP contribution in [0, 0.1) is 0 Å². The molecule has 0 spiro atoms. The van der Waals surface area contributed by atoms with Crippen LogP contribution in [0.25, 0.3) is 11.2 Å². The number of ether oxygens (including phenoxy) is 2. The number of phosphoric ester groups is 1. The molecule has 1 fully saturated rings. The summed E-state index contributed by atoms with van der Waals surface area (Å²) in [6.07, 6.45) is -5.16. The number of aromatic nitrogens is 4. The van der Waals surface area contributed by atoms with Gasteiger partial charge in [0.1, 0.15) is 12.2 Å². The number of carbonyl (C=O) groups excluding carboxylic acids is 1. The van der Waals surface area contributed by atoms with Crippen molar-refractivity contribution in [3.05, 3.63) is 16.7 Å². The Hall–Kier alpha value is -2.05. The summed E-state index contributed by atoms with van der Waals surface area (Å²) in [4.78, 5) is 69.4. The van der Waals surface area contributed by atoms with Gasteiger partial charge in [0.25, 0.3) is 5.56 Å². The lowest BCUT2D eigenvalue weighted by atomic mass is 10.1. The molecule has 1 aliphatic heterocycles. The molecular formula is C12H18N5O15P3. The molecule has 6 atom stereocenters. The highest BCUT2D eigenvalue weighted by Crippen LogP contribution is 2.66. The number of anilines is 1. The Morgan fingerprint density at radius 1 is 1.23 bits per heavy atom. The lowest BCUT2D eigenvalue weighted by Crippen LogP contribution is -2.36. The molecule has 2 aromatic rings. The summed E-state index contributed by atoms with van der Waals surface area (Å²) < 4.78 is 57.4. The average Bonchev–Trinajstić information content (AvgIpc) is 3.19. The zero-order valence-corrected chi connectivity index (χ0v) is 19.9. The third-order valence-electron chi connectivity index (χ3n) is 4.16. The number of carbonyl (C=O) groups is 1. The first-order valence-corrected chi connectivity index (χ1v) is 13.5. The minimum atomic E-state index is -5.77. The van der Waals surface area contributed by atoms with Gasteiger partial charge >= 0.3 is 29.4 Å². The van der Waals surface area contributed by atoms with E-state index in [1.54, 1.807) is 0 Å². The fourth-order valence-electron chi connectivity index (χ4n) is 3.00. The fraction of sp³-hybridized carbons (Fsp3) is 0.500. The summed E-state index contributed by atoms with van der Waals surface area (Å²) in [5.41, 5.74) is 4.50. The van der Waals surface area contributed by atoms with E-state index >= 15 is 0 Å². The number of hydrogen-bond donors (Lipinski definition) is 7. The van der Waals surface area contributed by atoms with E-state index in [9.17, 15) is 38.2 Å². The second-order valence-corrected chi connectivity index (χ2v) is 11.2. The number of nitrogens with one attached hydrogen (secondary N) is 1. The van der Waals surface area contributed by atoms with Crippen LogP contribution >= 0.6 is 23.5 Å². The van der Waals surface area contributed by atoms with Gasteiger partial charge in [-0.05, 0) is 0 Å². The molecule has 3 rings (SSSR count). The quantitative estimate of drug-likeness (QED) is 0.131. The maximum atomic E-state index is 12.0. The Kier molecular flexibility index (Phi) is 7.69. The van der Waals surface area contributed by atoms with Gasteiger partial charge in [-0.2, -0.15) is 13.6 Å². The molecule has 0 amide bonds. The number of rotatable bonds is 9. The number of aliphatic hydroxyl groups excluding tert-OH is 1. The van der Waals surface area contributed by atoms with Crippen molar-refractivity contribution < 1.29 is 65.8 Å². The maximum absolute atomic E-state index is 12.0. The van der Waals surface area contributed by atoms with Gasteiger partial charge in [-0.1, -0.05) is 0 Å². The van der Waals surface area contributed by atoms with Gasteiger partial charge in [0.2, 0.25) is 5.95 Å². The van der Waals surface area contributed by atoms with Crippen LogP contribution in [0.15, 0.2) is 11.1 Å². The topological polar surface area (TPSA) is 305 Å². The number of aromatic amines is 1. The Morgan fingerprint density at radius 3 is 2.49 bits per heavy atom. The molecule has 0 aromatic carbocycles. The SMILES string of the molecule is CC(=O)O[C@H]1C(O)[C@@H](COP(=O)(O)OP(=O)(O)OP(=O)(O)O)O[C@H]1n1cnc2c(=O)[nH]c(N)nc21. The molecule has 0 aliphatic carbocycles. The van der Waals surface area contributed by atoms with Crippen molar-refractivity contribution in [3.63, 3.8) is 0 Å². The van der Waals surface area contributed by atoms with E-state index < -0.39 is 66.1 Å². The molecule has 35 heavy (non-hydrogen) atoms. The number of nitrogen functional groups attached to an aromatic ring is 1. The molecule has 8 N–H and O–H groups in total. The van der Waals surface area contributed by atoms with Gasteiger partial charge in [-0.25, -0.2) is 18.7 Å². The number of fused-ring (bicyclic) bond motifs is 1. The third-order valence-corrected chi connectivity index (χ3v) is 7.96. The molecule has 196 valence electrons. The number of H-pyrrole nitrogens is 1. The molecule has 23 heteroatoms. The van der Waals surface area contributed by atoms with E-state index in [0.717, 1.165) is 17.8 Å². The molecular weight excluding hydrogens is 547 g/mol. The largest absolute Gasteiger partial charge is 0.490 e. The van der Waals surface area contributed by atoms with Crippen molar-refractivity contribution in [1.29, 1.82) is 0 Å². The van der Waals surface area contributed by atoms with E-state index in [1.165, 1.54) is 0 Å². The van der Waals surface area contributed by atoms with Crippen LogP contribution in [0.3, 0.4) is 0 Å². The summed E-state index contributed by atoms with van der Waals surface area (Å²) in [5.74, 6) is -1.16. The molecule has 0 bridgehead atoms. The summed E-state index contributed by atoms with van der Waals surface area (Å²) in [6, 6.07) is 0. The van der Waals surface area contributed by atoms with Crippen LogP contribution in [0.5, 0.6) is 0 Å². The summed E-state index contributed by atoms with van der Waals surface area (Å²) in [5, 5.41) is 10.6. The number of nitrogens with two attached hydrogens (primary N) is 1. The van der Waals surface area contributed by atoms with E-state index in [0.29, 0.717) is 0 Å². The number of esters is 1. The zero-order chi connectivity index (χ0) is 26.3. The smallest absolute Gasteiger partial charge is 0.455 e. The molecule has 1 aliphatic rings. The predicted molar refractivity (Wildman–Crippen MR) is 108 cm³/mol. The summed E-state index contributed by atoms with van der Waals surface area (Å²) in [7, 11) is -16.9. The normalized spacial score (nSPS) is 26.3. The van der Waals surface area contributed by atoms with Gasteiger partial charge in [0.05, 0.1) is 12.9 Å². The van der Waals surface area contributed by atoms with Gasteiger partial charge in [-0.3, -0.25) is 23.7 Å². The molecule has 2 aromatic heterocycles. The average molecular weight is 565 g/mol. The number of phosphoric acid groups is 3. The van der Waals surface area contributed by atoms with E-state index in [-0.39, 0.29) is 17.1 Å². The lowest BCUT2D eigenvalue weighted by Gasteiger charge is -2.21. The lowest BCUT2D eigenvalue weighted by molar-refractivity contribution is -0.155. The highest BCUT2D eigenvalue weighted by Gasteiger charge is 2.49. The van der Waals surface area contributed by atoms with Crippen molar-refractivity contribution in [2.75, 3.05) is 12.3 Å². The Morgan fingerprint density at radius 2 is 1.89 bits per heavy atom. The van der Waals surface area contributed by atoms with Crippen molar-refractivity contribution in [3.8, 4) is 0 Å². The minimum absolute atomic E-state index is 0.130. The van der Waals surface area contributed by atoms with Gasteiger partial charge in [0.15, 0.2) is 23.5 Å². The fourth-order valence-corrected chi connectivity index (χ4v) is 6.03. The molecule has 3 heterocycles. The van der Waals surface area contributed by atoms with Crippen LogP contribution in [0.1, 0.15) is 13.2 Å². The van der Waals surface area contributed by atoms with Crippen molar-refractivity contribution in [2.24, 2.45) is 0 Å². The molecule has 0 radical (unpaired) electrons. The molecule has 0 saturated carbocycles. The molecule has 1 saturated heterocycles. The first-order valence-electron chi connectivity index (χ1n) is 8.99. The first kappa shape index (κ1) is 27.5. The van der Waals surface area contributed by atoms with E-state index in [4.69, 9.17) is 25.0 Å². The number of aliphatic hydroxyl groups is 1. The Bertz CT molecular complexity index is 1320. The van der Waals surface area contributed by atoms with E-state index in [1.807, 2.05) is 0 Å². The molecule has 3 unspecified atom stereocenters. The number of imidazole rings is 1. The van der Waals surface area contributed by atoms with E-state index in [2.05, 4.69) is 28.1 Å². The Labute approximate surface area is 193 Å². The number of hydrogen-bond acceptors (Lipinski definition) is 14.